The summed E-state index contributed by atoms with van der Waals surface area (Å²) in [5, 5.41) is 3.48. The number of rotatable bonds is 9. The van der Waals surface area contributed by atoms with Crippen LogP contribution in [0.1, 0.15) is 59.3 Å². The van der Waals surface area contributed by atoms with Crippen LogP contribution < -0.4 is 5.32 Å². The van der Waals surface area contributed by atoms with Gasteiger partial charge in [0.15, 0.2) is 0 Å². The summed E-state index contributed by atoms with van der Waals surface area (Å²) in [7, 11) is 0. The molecule has 164 valence electrons. The minimum Gasteiger partial charge on any atom is -0.379 e. The summed E-state index contributed by atoms with van der Waals surface area (Å²) in [6, 6.07) is 2.19. The lowest BCUT2D eigenvalue weighted by atomic mass is 9.95. The molecule has 0 saturated carbocycles. The molecule has 3 rings (SSSR count). The van der Waals surface area contributed by atoms with E-state index < -0.39 is 0 Å². The Morgan fingerprint density at radius 1 is 0.750 bits per heavy atom. The van der Waals surface area contributed by atoms with E-state index in [0.29, 0.717) is 6.04 Å². The van der Waals surface area contributed by atoms with Crippen LogP contribution in [0.3, 0.4) is 0 Å². The zero-order valence-electron chi connectivity index (χ0n) is 18.9. The highest BCUT2D eigenvalue weighted by molar-refractivity contribution is 4.81. The highest BCUT2D eigenvalue weighted by Gasteiger charge is 2.26. The van der Waals surface area contributed by atoms with Crippen LogP contribution in [0.5, 0.6) is 0 Å². The summed E-state index contributed by atoms with van der Waals surface area (Å²) in [6.45, 7) is 18.8. The Labute approximate surface area is 174 Å². The van der Waals surface area contributed by atoms with Gasteiger partial charge in [0.25, 0.3) is 0 Å². The van der Waals surface area contributed by atoms with Crippen LogP contribution in [-0.4, -0.2) is 98.4 Å². The van der Waals surface area contributed by atoms with Crippen LogP contribution in [0.25, 0.3) is 0 Å². The van der Waals surface area contributed by atoms with Crippen LogP contribution in [0, 0.1) is 5.92 Å². The first-order chi connectivity index (χ1) is 13.6. The molecule has 3 atom stereocenters. The molecule has 1 N–H and O–H groups in total. The van der Waals surface area contributed by atoms with Crippen molar-refractivity contribution in [3.63, 3.8) is 0 Å². The molecule has 0 bridgehead atoms. The molecular formula is C23H46N4O. The molecule has 3 saturated heterocycles. The molecule has 0 spiro atoms. The van der Waals surface area contributed by atoms with E-state index in [1.165, 1.54) is 64.7 Å². The van der Waals surface area contributed by atoms with Crippen LogP contribution >= 0.6 is 0 Å². The van der Waals surface area contributed by atoms with Crippen molar-refractivity contribution in [1.29, 1.82) is 0 Å². The number of piperazine rings is 1. The fourth-order valence-electron chi connectivity index (χ4n) is 5.28. The van der Waals surface area contributed by atoms with Crippen molar-refractivity contribution >= 4 is 0 Å². The first-order valence-corrected chi connectivity index (χ1v) is 12.1. The summed E-state index contributed by atoms with van der Waals surface area (Å²) in [5.41, 5.74) is 0. The molecule has 28 heavy (non-hydrogen) atoms. The lowest BCUT2D eigenvalue weighted by Crippen LogP contribution is -2.48. The van der Waals surface area contributed by atoms with Crippen molar-refractivity contribution in [2.24, 2.45) is 5.92 Å². The van der Waals surface area contributed by atoms with E-state index in [2.05, 4.69) is 40.8 Å². The lowest BCUT2D eigenvalue weighted by molar-refractivity contribution is 0.00821. The van der Waals surface area contributed by atoms with Crippen LogP contribution in [0.15, 0.2) is 0 Å². The van der Waals surface area contributed by atoms with Gasteiger partial charge in [0.2, 0.25) is 0 Å². The SMILES string of the molecule is CC1CCN(C(C)CCC(CCC(C)N2CCNCC2)N2CCOCC2)CC1. The number of piperidine rings is 1. The molecule has 5 nitrogen and oxygen atoms in total. The number of likely N-dealkylation sites (tertiary alicyclic amines) is 1. The molecule has 0 aromatic carbocycles. The Bertz CT molecular complexity index is 415. The van der Waals surface area contributed by atoms with Gasteiger partial charge in [-0.3, -0.25) is 9.80 Å². The van der Waals surface area contributed by atoms with Crippen LogP contribution in [-0.2, 0) is 4.74 Å². The molecule has 5 heteroatoms. The zero-order valence-corrected chi connectivity index (χ0v) is 18.9. The standard InChI is InChI=1S/C23H46N4O/c1-20-8-12-25(13-9-20)21(2)4-6-23(27-16-18-28-19-17-27)7-5-22(3)26-14-10-24-11-15-26/h20-24H,4-19H2,1-3H3. The molecule has 0 aromatic rings. The smallest absolute Gasteiger partial charge is 0.0594 e. The second-order valence-corrected chi connectivity index (χ2v) is 9.66. The van der Waals surface area contributed by atoms with Crippen molar-refractivity contribution < 1.29 is 4.74 Å². The van der Waals surface area contributed by atoms with Gasteiger partial charge in [-0.25, -0.2) is 0 Å². The number of hydrogen-bond donors (Lipinski definition) is 1. The molecule has 3 aliphatic rings. The Morgan fingerprint density at radius 2 is 1.29 bits per heavy atom. The summed E-state index contributed by atoms with van der Waals surface area (Å²) in [4.78, 5) is 8.17. The van der Waals surface area contributed by atoms with E-state index in [1.807, 2.05) is 0 Å². The Balaban J connectivity index is 1.47. The fraction of sp³-hybridized carbons (Fsp3) is 1.00. The maximum Gasteiger partial charge on any atom is 0.0594 e. The molecule has 0 aromatic heterocycles. The van der Waals surface area contributed by atoms with Crippen LogP contribution in [0.2, 0.25) is 0 Å². The predicted octanol–water partition coefficient (Wildman–Crippen LogP) is 2.66. The topological polar surface area (TPSA) is 31.0 Å². The molecule has 3 aliphatic heterocycles. The van der Waals surface area contributed by atoms with Gasteiger partial charge in [-0.1, -0.05) is 6.92 Å². The number of hydrogen-bond acceptors (Lipinski definition) is 5. The van der Waals surface area contributed by atoms with E-state index in [1.54, 1.807) is 0 Å². The quantitative estimate of drug-likeness (QED) is 0.650. The van der Waals surface area contributed by atoms with Gasteiger partial charge in [0.05, 0.1) is 13.2 Å². The zero-order chi connectivity index (χ0) is 19.8. The number of nitrogens with zero attached hydrogens (tertiary/aromatic N) is 3. The van der Waals surface area contributed by atoms with Crippen molar-refractivity contribution in [2.45, 2.75) is 77.4 Å². The third-order valence-corrected chi connectivity index (χ3v) is 7.61. The number of nitrogens with one attached hydrogen (secondary N) is 1. The van der Waals surface area contributed by atoms with Crippen molar-refractivity contribution in [1.82, 2.24) is 20.0 Å². The number of morpholine rings is 1. The first kappa shape index (κ1) is 22.5. The summed E-state index contributed by atoms with van der Waals surface area (Å²) in [6.07, 6.45) is 8.14. The van der Waals surface area contributed by atoms with E-state index in [4.69, 9.17) is 4.74 Å². The van der Waals surface area contributed by atoms with Gasteiger partial charge < -0.3 is 15.0 Å². The molecule has 0 radical (unpaired) electrons. The molecular weight excluding hydrogens is 348 g/mol. The van der Waals surface area contributed by atoms with Crippen molar-refractivity contribution in [3.05, 3.63) is 0 Å². The maximum absolute atomic E-state index is 5.64. The van der Waals surface area contributed by atoms with E-state index in [0.717, 1.165) is 57.4 Å². The predicted molar refractivity (Wildman–Crippen MR) is 118 cm³/mol. The third kappa shape index (κ3) is 6.94. The minimum atomic E-state index is 0.714. The highest BCUT2D eigenvalue weighted by Crippen LogP contribution is 2.23. The Hall–Kier alpha value is -0.200. The van der Waals surface area contributed by atoms with Crippen LogP contribution in [0.4, 0.5) is 0 Å². The molecule has 0 aliphatic carbocycles. The summed E-state index contributed by atoms with van der Waals surface area (Å²) < 4.78 is 5.64. The molecule has 3 unspecified atom stereocenters. The second-order valence-electron chi connectivity index (χ2n) is 9.66. The lowest BCUT2D eigenvalue weighted by Gasteiger charge is -2.39. The monoisotopic (exact) mass is 394 g/mol. The molecule has 3 heterocycles. The van der Waals surface area contributed by atoms with Gasteiger partial charge in [0, 0.05) is 57.4 Å². The minimum absolute atomic E-state index is 0.714. The third-order valence-electron chi connectivity index (χ3n) is 7.61. The van der Waals surface area contributed by atoms with Gasteiger partial charge in [0.1, 0.15) is 0 Å². The largest absolute Gasteiger partial charge is 0.379 e. The van der Waals surface area contributed by atoms with Gasteiger partial charge >= 0.3 is 0 Å². The first-order valence-electron chi connectivity index (χ1n) is 12.1. The average molecular weight is 395 g/mol. The maximum atomic E-state index is 5.64. The average Bonchev–Trinajstić information content (AvgIpc) is 2.75. The normalized spacial score (nSPS) is 27.5. The van der Waals surface area contributed by atoms with Gasteiger partial charge in [-0.15, -0.1) is 0 Å². The van der Waals surface area contributed by atoms with Gasteiger partial charge in [-0.2, -0.15) is 0 Å². The van der Waals surface area contributed by atoms with Crippen molar-refractivity contribution in [2.75, 3.05) is 65.6 Å². The fourth-order valence-corrected chi connectivity index (χ4v) is 5.28. The highest BCUT2D eigenvalue weighted by atomic mass is 16.5. The van der Waals surface area contributed by atoms with Crippen molar-refractivity contribution in [3.8, 4) is 0 Å². The molecule has 3 fully saturated rings. The second kappa shape index (κ2) is 11.8. The molecule has 0 amide bonds. The summed E-state index contributed by atoms with van der Waals surface area (Å²) >= 11 is 0. The number of ether oxygens (including phenoxy) is 1. The Kier molecular flexibility index (Phi) is 9.52. The summed E-state index contributed by atoms with van der Waals surface area (Å²) in [5.74, 6) is 0.927. The van der Waals surface area contributed by atoms with Gasteiger partial charge in [-0.05, 0) is 71.4 Å². The van der Waals surface area contributed by atoms with E-state index in [9.17, 15) is 0 Å². The van der Waals surface area contributed by atoms with E-state index in [-0.39, 0.29) is 0 Å². The Morgan fingerprint density at radius 3 is 1.86 bits per heavy atom. The van der Waals surface area contributed by atoms with E-state index >= 15 is 0 Å².